The summed E-state index contributed by atoms with van der Waals surface area (Å²) in [7, 11) is 0. The third-order valence-corrected chi connectivity index (χ3v) is 4.15. The van der Waals surface area contributed by atoms with Gasteiger partial charge in [-0.1, -0.05) is 36.4 Å². The minimum atomic E-state index is -0.466. The number of carbonyl (C=O) groups excluding carboxylic acids is 1. The Labute approximate surface area is 150 Å². The number of hydrogen-bond donors (Lipinski definition) is 1. The van der Waals surface area contributed by atoms with Gasteiger partial charge in [0.15, 0.2) is 0 Å². The molecule has 3 rings (SSSR count). The first-order valence-electron chi connectivity index (χ1n) is 8.06. The molecule has 130 valence electrons. The third kappa shape index (κ3) is 3.44. The maximum absolute atomic E-state index is 12.6. The zero-order chi connectivity index (χ0) is 18.7. The minimum Gasteiger partial charge on any atom is -0.321 e. The standard InChI is InChI=1S/C20H17N3O3/c1-13-17(9-6-10-19(13)23(25)26)22-20(24)16-11-12-18(21-14(16)2)15-7-4-3-5-8-15/h3-12H,1-2H3,(H,22,24). The van der Waals surface area contributed by atoms with Crippen LogP contribution in [-0.2, 0) is 0 Å². The summed E-state index contributed by atoms with van der Waals surface area (Å²) in [6, 6.07) is 17.8. The molecule has 3 aromatic rings. The highest BCUT2D eigenvalue weighted by Crippen LogP contribution is 2.26. The SMILES string of the molecule is Cc1nc(-c2ccccc2)ccc1C(=O)Nc1cccc([N+](=O)[O-])c1C. The lowest BCUT2D eigenvalue weighted by Crippen LogP contribution is -2.15. The van der Waals surface area contributed by atoms with Crippen molar-refractivity contribution in [1.29, 1.82) is 0 Å². The number of hydrogen-bond acceptors (Lipinski definition) is 4. The van der Waals surface area contributed by atoms with Crippen LogP contribution in [0.2, 0.25) is 0 Å². The summed E-state index contributed by atoms with van der Waals surface area (Å²) in [5.41, 5.74) is 3.57. The monoisotopic (exact) mass is 347 g/mol. The highest BCUT2D eigenvalue weighted by Gasteiger charge is 2.17. The lowest BCUT2D eigenvalue weighted by molar-refractivity contribution is -0.385. The Morgan fingerprint density at radius 3 is 2.38 bits per heavy atom. The van der Waals surface area contributed by atoms with Crippen LogP contribution in [0.5, 0.6) is 0 Å². The van der Waals surface area contributed by atoms with Crippen molar-refractivity contribution in [3.8, 4) is 11.3 Å². The number of amides is 1. The second kappa shape index (κ2) is 7.14. The van der Waals surface area contributed by atoms with Gasteiger partial charge in [0.25, 0.3) is 11.6 Å². The van der Waals surface area contributed by atoms with Crippen molar-refractivity contribution in [3.63, 3.8) is 0 Å². The van der Waals surface area contributed by atoms with Crippen LogP contribution in [0.4, 0.5) is 11.4 Å². The first-order valence-corrected chi connectivity index (χ1v) is 8.06. The molecule has 1 N–H and O–H groups in total. The van der Waals surface area contributed by atoms with E-state index >= 15 is 0 Å². The molecule has 0 atom stereocenters. The normalized spacial score (nSPS) is 10.4. The average molecular weight is 347 g/mol. The van der Waals surface area contributed by atoms with Gasteiger partial charge >= 0.3 is 0 Å². The number of anilines is 1. The highest BCUT2D eigenvalue weighted by atomic mass is 16.6. The molecule has 0 spiro atoms. The van der Waals surface area contributed by atoms with E-state index in [0.29, 0.717) is 22.5 Å². The Bertz CT molecular complexity index is 985. The van der Waals surface area contributed by atoms with E-state index in [1.807, 2.05) is 30.3 Å². The van der Waals surface area contributed by atoms with Gasteiger partial charge in [0.05, 0.1) is 33.1 Å². The summed E-state index contributed by atoms with van der Waals surface area (Å²) >= 11 is 0. The van der Waals surface area contributed by atoms with E-state index in [1.165, 1.54) is 6.07 Å². The molecule has 6 nitrogen and oxygen atoms in total. The second-order valence-electron chi connectivity index (χ2n) is 5.86. The number of benzene rings is 2. The van der Waals surface area contributed by atoms with Gasteiger partial charge in [-0.3, -0.25) is 19.9 Å². The number of aryl methyl sites for hydroxylation is 1. The minimum absolute atomic E-state index is 0.0305. The van der Waals surface area contributed by atoms with Crippen molar-refractivity contribution >= 4 is 17.3 Å². The fourth-order valence-electron chi connectivity index (χ4n) is 2.72. The molecular weight excluding hydrogens is 330 g/mol. The van der Waals surface area contributed by atoms with Crippen LogP contribution < -0.4 is 5.32 Å². The highest BCUT2D eigenvalue weighted by molar-refractivity contribution is 6.05. The molecule has 0 saturated heterocycles. The molecule has 1 aromatic heterocycles. The summed E-state index contributed by atoms with van der Waals surface area (Å²) in [5, 5.41) is 13.8. The van der Waals surface area contributed by atoms with Crippen molar-refractivity contribution in [2.45, 2.75) is 13.8 Å². The van der Waals surface area contributed by atoms with Gasteiger partial charge in [-0.25, -0.2) is 0 Å². The molecule has 0 radical (unpaired) electrons. The maximum atomic E-state index is 12.6. The van der Waals surface area contributed by atoms with Crippen molar-refractivity contribution in [2.75, 3.05) is 5.32 Å². The maximum Gasteiger partial charge on any atom is 0.274 e. The molecule has 26 heavy (non-hydrogen) atoms. The molecule has 0 saturated carbocycles. The quantitative estimate of drug-likeness (QED) is 0.555. The first-order chi connectivity index (χ1) is 12.5. The van der Waals surface area contributed by atoms with Crippen LogP contribution in [0.25, 0.3) is 11.3 Å². The van der Waals surface area contributed by atoms with Crippen LogP contribution in [0.15, 0.2) is 60.7 Å². The molecule has 0 aliphatic carbocycles. The van der Waals surface area contributed by atoms with E-state index in [0.717, 1.165) is 11.3 Å². The first kappa shape index (κ1) is 17.3. The fourth-order valence-corrected chi connectivity index (χ4v) is 2.72. The molecule has 0 aliphatic rings. The Morgan fingerprint density at radius 1 is 1.00 bits per heavy atom. The van der Waals surface area contributed by atoms with Crippen LogP contribution in [0, 0.1) is 24.0 Å². The Kier molecular flexibility index (Phi) is 4.75. The number of nitrogens with zero attached hydrogens (tertiary/aromatic N) is 2. The molecule has 2 aromatic carbocycles. The summed E-state index contributed by atoms with van der Waals surface area (Å²) in [6.07, 6.45) is 0. The summed E-state index contributed by atoms with van der Waals surface area (Å²) in [5.74, 6) is -0.349. The van der Waals surface area contributed by atoms with Crippen LogP contribution in [0.1, 0.15) is 21.6 Å². The third-order valence-electron chi connectivity index (χ3n) is 4.15. The topological polar surface area (TPSA) is 85.1 Å². The number of pyridine rings is 1. The molecule has 1 heterocycles. The van der Waals surface area contributed by atoms with Crippen molar-refractivity contribution in [3.05, 3.63) is 87.6 Å². The number of nitrogens with one attached hydrogen (secondary N) is 1. The van der Waals surface area contributed by atoms with Crippen molar-refractivity contribution in [2.24, 2.45) is 0 Å². The number of nitro groups is 1. The summed E-state index contributed by atoms with van der Waals surface area (Å²) in [6.45, 7) is 3.37. The largest absolute Gasteiger partial charge is 0.321 e. The van der Waals surface area contributed by atoms with E-state index in [4.69, 9.17) is 0 Å². The van der Waals surface area contributed by atoms with Gasteiger partial charge in [0.2, 0.25) is 0 Å². The lowest BCUT2D eigenvalue weighted by Gasteiger charge is -2.11. The molecule has 1 amide bonds. The molecule has 0 unspecified atom stereocenters. The van der Waals surface area contributed by atoms with Gasteiger partial charge in [0, 0.05) is 11.6 Å². The van der Waals surface area contributed by atoms with Gasteiger partial charge in [-0.2, -0.15) is 0 Å². The van der Waals surface area contributed by atoms with E-state index in [9.17, 15) is 14.9 Å². The number of rotatable bonds is 4. The van der Waals surface area contributed by atoms with E-state index in [2.05, 4.69) is 10.3 Å². The van der Waals surface area contributed by atoms with Crippen LogP contribution >= 0.6 is 0 Å². The number of nitro benzene ring substituents is 1. The number of carbonyl (C=O) groups is 1. The van der Waals surface area contributed by atoms with Crippen molar-refractivity contribution < 1.29 is 9.72 Å². The Hall–Kier alpha value is -3.54. The fraction of sp³-hybridized carbons (Fsp3) is 0.100. The number of aromatic nitrogens is 1. The average Bonchev–Trinajstić information content (AvgIpc) is 2.63. The molecule has 0 bridgehead atoms. The van der Waals surface area contributed by atoms with Gasteiger partial charge in [0.1, 0.15) is 0 Å². The van der Waals surface area contributed by atoms with E-state index in [1.54, 1.807) is 38.1 Å². The summed E-state index contributed by atoms with van der Waals surface area (Å²) in [4.78, 5) is 27.7. The predicted octanol–water partition coefficient (Wildman–Crippen LogP) is 4.53. The van der Waals surface area contributed by atoms with Gasteiger partial charge < -0.3 is 5.32 Å². The molecule has 0 aliphatic heterocycles. The van der Waals surface area contributed by atoms with Gasteiger partial charge in [-0.15, -0.1) is 0 Å². The summed E-state index contributed by atoms with van der Waals surface area (Å²) < 4.78 is 0. The van der Waals surface area contributed by atoms with Crippen LogP contribution in [-0.4, -0.2) is 15.8 Å². The Balaban J connectivity index is 1.87. The smallest absolute Gasteiger partial charge is 0.274 e. The predicted molar refractivity (Wildman–Crippen MR) is 100 cm³/mol. The molecular formula is C20H17N3O3. The zero-order valence-corrected chi connectivity index (χ0v) is 14.4. The second-order valence-corrected chi connectivity index (χ2v) is 5.86. The van der Waals surface area contributed by atoms with Gasteiger partial charge in [-0.05, 0) is 32.0 Å². The van der Waals surface area contributed by atoms with Crippen molar-refractivity contribution in [1.82, 2.24) is 4.98 Å². The lowest BCUT2D eigenvalue weighted by atomic mass is 10.1. The molecule has 0 fully saturated rings. The molecule has 6 heteroatoms. The van der Waals surface area contributed by atoms with Crippen LogP contribution in [0.3, 0.4) is 0 Å². The Morgan fingerprint density at radius 2 is 1.73 bits per heavy atom. The zero-order valence-electron chi connectivity index (χ0n) is 14.4. The van der Waals surface area contributed by atoms with E-state index in [-0.39, 0.29) is 11.6 Å². The van der Waals surface area contributed by atoms with E-state index < -0.39 is 4.92 Å².